The maximum absolute atomic E-state index is 12.2. The maximum atomic E-state index is 12.2. The minimum absolute atomic E-state index is 0.0565. The first-order valence-electron chi connectivity index (χ1n) is 6.36. The van der Waals surface area contributed by atoms with E-state index in [0.717, 1.165) is 5.56 Å². The van der Waals surface area contributed by atoms with Gasteiger partial charge in [-0.25, -0.2) is 13.1 Å². The molecule has 0 saturated carbocycles. The van der Waals surface area contributed by atoms with E-state index in [9.17, 15) is 17.2 Å². The van der Waals surface area contributed by atoms with Gasteiger partial charge in [0.1, 0.15) is 0 Å². The summed E-state index contributed by atoms with van der Waals surface area (Å²) in [5, 5.41) is -0.506. The Morgan fingerprint density at radius 2 is 1.90 bits per heavy atom. The van der Waals surface area contributed by atoms with Crippen molar-refractivity contribution in [3.05, 3.63) is 23.8 Å². The Hall–Kier alpha value is -1.41. The molecule has 0 fully saturated rings. The molecule has 8 heteroatoms. The van der Waals surface area contributed by atoms with Crippen LogP contribution in [0.2, 0.25) is 0 Å². The second kappa shape index (κ2) is 7.56. The Bertz CT molecular complexity index is 561. The lowest BCUT2D eigenvalue weighted by Gasteiger charge is -2.12. The fourth-order valence-corrected chi connectivity index (χ4v) is 2.29. The first-order valence-corrected chi connectivity index (χ1v) is 7.91. The van der Waals surface area contributed by atoms with Crippen molar-refractivity contribution in [1.82, 2.24) is 4.72 Å². The summed E-state index contributed by atoms with van der Waals surface area (Å²) in [6.45, 7) is 0.463. The second-order valence-corrected chi connectivity index (χ2v) is 6.92. The van der Waals surface area contributed by atoms with E-state index in [2.05, 4.69) is 9.46 Å². The summed E-state index contributed by atoms with van der Waals surface area (Å²) in [5.41, 5.74) is 0.750. The largest absolute Gasteiger partial charge is 0.493 e. The fraction of sp³-hybridized carbons (Fsp3) is 0.538. The van der Waals surface area contributed by atoms with Gasteiger partial charge < -0.3 is 9.47 Å². The highest BCUT2D eigenvalue weighted by molar-refractivity contribution is 7.90. The lowest BCUT2D eigenvalue weighted by molar-refractivity contribution is -0.0512. The summed E-state index contributed by atoms with van der Waals surface area (Å²) < 4.78 is 59.3. The molecule has 1 N–H and O–H groups in total. The van der Waals surface area contributed by atoms with Crippen molar-refractivity contribution >= 4 is 10.0 Å². The standard InChI is InChI=1S/C13H19F2NO4S/c1-9(2)21(17,18)16-7-6-10-4-5-11(20-13(14)15)12(8-10)19-3/h4-5,8-9,13,16H,6-7H2,1-3H3. The molecule has 5 nitrogen and oxygen atoms in total. The van der Waals surface area contributed by atoms with Crippen LogP contribution in [0.1, 0.15) is 19.4 Å². The van der Waals surface area contributed by atoms with Crippen LogP contribution in [0.3, 0.4) is 0 Å². The zero-order chi connectivity index (χ0) is 16.0. The molecule has 21 heavy (non-hydrogen) atoms. The molecule has 0 unspecified atom stereocenters. The van der Waals surface area contributed by atoms with Crippen LogP contribution in [0.4, 0.5) is 8.78 Å². The van der Waals surface area contributed by atoms with E-state index in [0.29, 0.717) is 6.42 Å². The van der Waals surface area contributed by atoms with Crippen LogP contribution in [0.25, 0.3) is 0 Å². The Labute approximate surface area is 123 Å². The second-order valence-electron chi connectivity index (χ2n) is 4.60. The van der Waals surface area contributed by atoms with E-state index in [1.165, 1.54) is 13.2 Å². The number of hydrogen-bond donors (Lipinski definition) is 1. The van der Waals surface area contributed by atoms with Gasteiger partial charge >= 0.3 is 6.61 Å². The number of methoxy groups -OCH3 is 1. The third-order valence-electron chi connectivity index (χ3n) is 2.78. The van der Waals surface area contributed by atoms with Crippen LogP contribution in [0.5, 0.6) is 11.5 Å². The molecule has 120 valence electrons. The third kappa shape index (κ3) is 5.47. The highest BCUT2D eigenvalue weighted by Gasteiger charge is 2.15. The highest BCUT2D eigenvalue weighted by atomic mass is 32.2. The van der Waals surface area contributed by atoms with Crippen molar-refractivity contribution in [2.75, 3.05) is 13.7 Å². The SMILES string of the molecule is COc1cc(CCNS(=O)(=O)C(C)C)ccc1OC(F)F. The number of sulfonamides is 1. The van der Waals surface area contributed by atoms with Gasteiger partial charge in [0.25, 0.3) is 0 Å². The zero-order valence-corrected chi connectivity index (χ0v) is 12.9. The van der Waals surface area contributed by atoms with Gasteiger partial charge in [-0.05, 0) is 38.0 Å². The molecular formula is C13H19F2NO4S. The van der Waals surface area contributed by atoms with Gasteiger partial charge in [0.2, 0.25) is 10.0 Å². The summed E-state index contributed by atoms with van der Waals surface area (Å²) in [7, 11) is -1.97. The molecular weight excluding hydrogens is 304 g/mol. The predicted octanol–water partition coefficient (Wildman–Crippen LogP) is 2.17. The van der Waals surface area contributed by atoms with Crippen LogP contribution >= 0.6 is 0 Å². The van der Waals surface area contributed by atoms with E-state index in [1.54, 1.807) is 26.0 Å². The predicted molar refractivity (Wildman–Crippen MR) is 75.4 cm³/mol. The van der Waals surface area contributed by atoms with Crippen molar-refractivity contribution in [3.8, 4) is 11.5 Å². The lowest BCUT2D eigenvalue weighted by atomic mass is 10.1. The fourth-order valence-electron chi connectivity index (χ4n) is 1.57. The summed E-state index contributed by atoms with van der Waals surface area (Å²) in [6.07, 6.45) is 0.414. The highest BCUT2D eigenvalue weighted by Crippen LogP contribution is 2.29. The molecule has 0 saturated heterocycles. The minimum Gasteiger partial charge on any atom is -0.493 e. The monoisotopic (exact) mass is 323 g/mol. The van der Waals surface area contributed by atoms with E-state index in [4.69, 9.17) is 4.74 Å². The number of halogens is 2. The molecule has 0 atom stereocenters. The van der Waals surface area contributed by atoms with Gasteiger partial charge in [-0.2, -0.15) is 8.78 Å². The molecule has 1 rings (SSSR count). The molecule has 1 aromatic rings. The molecule has 0 spiro atoms. The minimum atomic E-state index is -3.31. The lowest BCUT2D eigenvalue weighted by Crippen LogP contribution is -2.32. The van der Waals surface area contributed by atoms with E-state index in [1.807, 2.05) is 0 Å². The normalized spacial score (nSPS) is 12.0. The third-order valence-corrected chi connectivity index (χ3v) is 4.63. The summed E-state index contributed by atoms with van der Waals surface area (Å²) >= 11 is 0. The van der Waals surface area contributed by atoms with E-state index >= 15 is 0 Å². The maximum Gasteiger partial charge on any atom is 0.387 e. The molecule has 0 bridgehead atoms. The average molecular weight is 323 g/mol. The Morgan fingerprint density at radius 3 is 2.43 bits per heavy atom. The first kappa shape index (κ1) is 17.6. The molecule has 0 radical (unpaired) electrons. The van der Waals surface area contributed by atoms with Crippen LogP contribution in [-0.4, -0.2) is 33.9 Å². The Morgan fingerprint density at radius 1 is 1.24 bits per heavy atom. The van der Waals surface area contributed by atoms with E-state index in [-0.39, 0.29) is 18.0 Å². The smallest absolute Gasteiger partial charge is 0.387 e. The van der Waals surface area contributed by atoms with Gasteiger partial charge in [-0.15, -0.1) is 0 Å². The van der Waals surface area contributed by atoms with Crippen LogP contribution in [0.15, 0.2) is 18.2 Å². The molecule has 0 aliphatic heterocycles. The summed E-state index contributed by atoms with van der Waals surface area (Å²) in [5.74, 6) is 0.124. The number of alkyl halides is 2. The molecule has 0 aromatic heterocycles. The van der Waals surface area contributed by atoms with Gasteiger partial charge in [-0.1, -0.05) is 6.07 Å². The van der Waals surface area contributed by atoms with Crippen LogP contribution < -0.4 is 14.2 Å². The van der Waals surface area contributed by atoms with Crippen molar-refractivity contribution < 1.29 is 26.7 Å². The summed E-state index contributed by atoms with van der Waals surface area (Å²) in [4.78, 5) is 0. The molecule has 1 aromatic carbocycles. The molecule has 0 amide bonds. The van der Waals surface area contributed by atoms with Crippen molar-refractivity contribution in [1.29, 1.82) is 0 Å². The van der Waals surface area contributed by atoms with Crippen LogP contribution in [0, 0.1) is 0 Å². The first-order chi connectivity index (χ1) is 9.76. The van der Waals surface area contributed by atoms with Crippen molar-refractivity contribution in [3.63, 3.8) is 0 Å². The number of hydrogen-bond acceptors (Lipinski definition) is 4. The van der Waals surface area contributed by atoms with Crippen molar-refractivity contribution in [2.24, 2.45) is 0 Å². The van der Waals surface area contributed by atoms with Gasteiger partial charge in [0, 0.05) is 6.54 Å². The molecule has 0 aliphatic carbocycles. The van der Waals surface area contributed by atoms with Gasteiger partial charge in [-0.3, -0.25) is 0 Å². The van der Waals surface area contributed by atoms with Gasteiger partial charge in [0.15, 0.2) is 11.5 Å². The topological polar surface area (TPSA) is 64.6 Å². The van der Waals surface area contributed by atoms with Gasteiger partial charge in [0.05, 0.1) is 12.4 Å². The number of nitrogens with one attached hydrogen (secondary N) is 1. The van der Waals surface area contributed by atoms with Crippen LogP contribution in [-0.2, 0) is 16.4 Å². The Kier molecular flexibility index (Phi) is 6.35. The quantitative estimate of drug-likeness (QED) is 0.796. The molecule has 0 heterocycles. The Balaban J connectivity index is 2.69. The van der Waals surface area contributed by atoms with Crippen molar-refractivity contribution in [2.45, 2.75) is 32.1 Å². The van der Waals surface area contributed by atoms with E-state index < -0.39 is 21.9 Å². The number of ether oxygens (including phenoxy) is 2. The summed E-state index contributed by atoms with van der Waals surface area (Å²) in [6, 6.07) is 4.50. The number of rotatable bonds is 8. The zero-order valence-electron chi connectivity index (χ0n) is 12.1. The average Bonchev–Trinajstić information content (AvgIpc) is 2.39. The number of benzene rings is 1. The molecule has 0 aliphatic rings.